The van der Waals surface area contributed by atoms with E-state index in [-0.39, 0.29) is 12.6 Å². The van der Waals surface area contributed by atoms with Crippen molar-refractivity contribution in [2.75, 3.05) is 53.6 Å². The summed E-state index contributed by atoms with van der Waals surface area (Å²) in [5.74, 6) is 1.43. The van der Waals surface area contributed by atoms with E-state index in [2.05, 4.69) is 16.7 Å². The van der Waals surface area contributed by atoms with Crippen LogP contribution in [-0.4, -0.2) is 68.5 Å². The van der Waals surface area contributed by atoms with E-state index in [1.807, 2.05) is 18.2 Å². The van der Waals surface area contributed by atoms with Gasteiger partial charge in [0, 0.05) is 26.2 Å². The van der Waals surface area contributed by atoms with Gasteiger partial charge in [-0.05, 0) is 24.2 Å². The van der Waals surface area contributed by atoms with Crippen LogP contribution in [0.5, 0.6) is 11.5 Å². The summed E-state index contributed by atoms with van der Waals surface area (Å²) in [7, 11) is 3.26. The predicted molar refractivity (Wildman–Crippen MR) is 83.1 cm³/mol. The number of hydrogen-bond acceptors (Lipinski definition) is 5. The number of nitrogens with zero attached hydrogens (tertiary/aromatic N) is 2. The Labute approximate surface area is 127 Å². The van der Waals surface area contributed by atoms with Gasteiger partial charge >= 0.3 is 0 Å². The zero-order valence-electron chi connectivity index (χ0n) is 13.2. The Hall–Kier alpha value is -1.30. The molecule has 1 N–H and O–H groups in total. The van der Waals surface area contributed by atoms with Crippen LogP contribution < -0.4 is 9.47 Å². The highest BCUT2D eigenvalue weighted by Gasteiger charge is 2.24. The van der Waals surface area contributed by atoms with Gasteiger partial charge in [-0.2, -0.15) is 0 Å². The normalized spacial score (nSPS) is 18.5. The second-order valence-corrected chi connectivity index (χ2v) is 5.28. The third kappa shape index (κ3) is 3.67. The molecule has 0 aromatic heterocycles. The van der Waals surface area contributed by atoms with E-state index < -0.39 is 0 Å². The van der Waals surface area contributed by atoms with Crippen molar-refractivity contribution in [3.05, 3.63) is 23.8 Å². The predicted octanol–water partition coefficient (Wildman–Crippen LogP) is 1.37. The first-order valence-corrected chi connectivity index (χ1v) is 7.52. The van der Waals surface area contributed by atoms with Gasteiger partial charge in [-0.1, -0.05) is 13.0 Å². The summed E-state index contributed by atoms with van der Waals surface area (Å²) in [4.78, 5) is 4.77. The SMILES string of the molecule is CCN1CCN(C(CO)c2ccc(OC)c(OC)c2)CC1. The summed E-state index contributed by atoms with van der Waals surface area (Å²) < 4.78 is 10.6. The quantitative estimate of drug-likeness (QED) is 0.858. The highest BCUT2D eigenvalue weighted by molar-refractivity contribution is 5.43. The number of aliphatic hydroxyl groups excluding tert-OH is 1. The molecule has 2 rings (SSSR count). The summed E-state index contributed by atoms with van der Waals surface area (Å²) in [5, 5.41) is 9.82. The van der Waals surface area contributed by atoms with E-state index in [1.54, 1.807) is 14.2 Å². The molecule has 5 heteroatoms. The lowest BCUT2D eigenvalue weighted by Crippen LogP contribution is -2.48. The van der Waals surface area contributed by atoms with Gasteiger partial charge in [0.2, 0.25) is 0 Å². The summed E-state index contributed by atoms with van der Waals surface area (Å²) in [6.45, 7) is 7.46. The van der Waals surface area contributed by atoms with Crippen LogP contribution in [-0.2, 0) is 0 Å². The van der Waals surface area contributed by atoms with Gasteiger partial charge in [-0.15, -0.1) is 0 Å². The highest BCUT2D eigenvalue weighted by Crippen LogP contribution is 2.32. The van der Waals surface area contributed by atoms with Gasteiger partial charge in [0.15, 0.2) is 11.5 Å². The van der Waals surface area contributed by atoms with E-state index in [0.717, 1.165) is 38.3 Å². The number of piperazine rings is 1. The van der Waals surface area contributed by atoms with Crippen LogP contribution in [0, 0.1) is 0 Å². The maximum absolute atomic E-state index is 9.82. The zero-order chi connectivity index (χ0) is 15.2. The second kappa shape index (κ2) is 7.64. The molecule has 1 saturated heterocycles. The Morgan fingerprint density at radius 3 is 2.29 bits per heavy atom. The Kier molecular flexibility index (Phi) is 5.85. The van der Waals surface area contributed by atoms with Gasteiger partial charge in [0.1, 0.15) is 0 Å². The minimum atomic E-state index is 0.0174. The summed E-state index contributed by atoms with van der Waals surface area (Å²) in [6.07, 6.45) is 0. The van der Waals surface area contributed by atoms with Crippen LogP contribution in [0.25, 0.3) is 0 Å². The van der Waals surface area contributed by atoms with Gasteiger partial charge in [-0.25, -0.2) is 0 Å². The van der Waals surface area contributed by atoms with Crippen molar-refractivity contribution in [2.45, 2.75) is 13.0 Å². The lowest BCUT2D eigenvalue weighted by molar-refractivity contribution is 0.0671. The molecule has 118 valence electrons. The monoisotopic (exact) mass is 294 g/mol. The summed E-state index contributed by atoms with van der Waals surface area (Å²) in [5.41, 5.74) is 1.07. The molecular formula is C16H26N2O3. The van der Waals surface area contributed by atoms with Crippen molar-refractivity contribution in [2.24, 2.45) is 0 Å². The Bertz CT molecular complexity index is 445. The first-order valence-electron chi connectivity index (χ1n) is 7.52. The number of benzene rings is 1. The molecule has 21 heavy (non-hydrogen) atoms. The molecule has 1 atom stereocenters. The van der Waals surface area contributed by atoms with Crippen molar-refractivity contribution >= 4 is 0 Å². The molecular weight excluding hydrogens is 268 g/mol. The van der Waals surface area contributed by atoms with E-state index in [1.165, 1.54) is 0 Å². The molecule has 0 radical (unpaired) electrons. The number of hydrogen-bond donors (Lipinski definition) is 1. The fraction of sp³-hybridized carbons (Fsp3) is 0.625. The van der Waals surface area contributed by atoms with Crippen molar-refractivity contribution < 1.29 is 14.6 Å². The molecule has 1 unspecified atom stereocenters. The van der Waals surface area contributed by atoms with E-state index >= 15 is 0 Å². The standard InChI is InChI=1S/C16H26N2O3/c1-4-17-7-9-18(10-8-17)14(12-19)13-5-6-15(20-2)16(11-13)21-3/h5-6,11,14,19H,4,7-10,12H2,1-3H3. The second-order valence-electron chi connectivity index (χ2n) is 5.28. The van der Waals surface area contributed by atoms with Gasteiger partial charge in [-0.3, -0.25) is 4.90 Å². The molecule has 1 fully saturated rings. The lowest BCUT2D eigenvalue weighted by atomic mass is 10.0. The van der Waals surface area contributed by atoms with Gasteiger partial charge < -0.3 is 19.5 Å². The van der Waals surface area contributed by atoms with Crippen LogP contribution in [0.1, 0.15) is 18.5 Å². The molecule has 1 aromatic carbocycles. The number of methoxy groups -OCH3 is 2. The Morgan fingerprint density at radius 1 is 1.10 bits per heavy atom. The van der Waals surface area contributed by atoms with E-state index in [4.69, 9.17) is 9.47 Å². The maximum Gasteiger partial charge on any atom is 0.161 e. The zero-order valence-corrected chi connectivity index (χ0v) is 13.2. The molecule has 0 bridgehead atoms. The van der Waals surface area contributed by atoms with Crippen LogP contribution >= 0.6 is 0 Å². The first-order chi connectivity index (χ1) is 10.2. The third-order valence-corrected chi connectivity index (χ3v) is 4.26. The molecule has 0 saturated carbocycles. The molecule has 5 nitrogen and oxygen atoms in total. The molecule has 0 spiro atoms. The van der Waals surface area contributed by atoms with E-state index in [9.17, 15) is 5.11 Å². The summed E-state index contributed by atoms with van der Waals surface area (Å²) in [6, 6.07) is 5.89. The number of aliphatic hydroxyl groups is 1. The molecule has 1 aromatic rings. The molecule has 1 heterocycles. The fourth-order valence-corrected chi connectivity index (χ4v) is 2.88. The van der Waals surface area contributed by atoms with Crippen LogP contribution in [0.2, 0.25) is 0 Å². The van der Waals surface area contributed by atoms with E-state index in [0.29, 0.717) is 11.5 Å². The van der Waals surface area contributed by atoms with Crippen LogP contribution in [0.4, 0.5) is 0 Å². The van der Waals surface area contributed by atoms with Crippen molar-refractivity contribution in [3.8, 4) is 11.5 Å². The maximum atomic E-state index is 9.82. The average molecular weight is 294 g/mol. The third-order valence-electron chi connectivity index (χ3n) is 4.26. The number of rotatable bonds is 6. The smallest absolute Gasteiger partial charge is 0.161 e. The molecule has 1 aliphatic rings. The van der Waals surface area contributed by atoms with Crippen LogP contribution in [0.15, 0.2) is 18.2 Å². The summed E-state index contributed by atoms with van der Waals surface area (Å²) >= 11 is 0. The Balaban J connectivity index is 2.14. The fourth-order valence-electron chi connectivity index (χ4n) is 2.88. The van der Waals surface area contributed by atoms with Gasteiger partial charge in [0.25, 0.3) is 0 Å². The molecule has 1 aliphatic heterocycles. The highest BCUT2D eigenvalue weighted by atomic mass is 16.5. The number of ether oxygens (including phenoxy) is 2. The first kappa shape index (κ1) is 16.1. The topological polar surface area (TPSA) is 45.2 Å². The Morgan fingerprint density at radius 2 is 1.76 bits per heavy atom. The van der Waals surface area contributed by atoms with Crippen LogP contribution in [0.3, 0.4) is 0 Å². The van der Waals surface area contributed by atoms with Gasteiger partial charge in [0.05, 0.1) is 26.9 Å². The molecule has 0 aliphatic carbocycles. The molecule has 0 amide bonds. The minimum absolute atomic E-state index is 0.0174. The van der Waals surface area contributed by atoms with Crippen molar-refractivity contribution in [3.63, 3.8) is 0 Å². The number of likely N-dealkylation sites (N-methyl/N-ethyl adjacent to an activating group) is 1. The lowest BCUT2D eigenvalue weighted by Gasteiger charge is -2.38. The average Bonchev–Trinajstić information content (AvgIpc) is 2.56. The van der Waals surface area contributed by atoms with Crippen molar-refractivity contribution in [1.82, 2.24) is 9.80 Å². The minimum Gasteiger partial charge on any atom is -0.493 e. The largest absolute Gasteiger partial charge is 0.493 e. The van der Waals surface area contributed by atoms with Crippen molar-refractivity contribution in [1.29, 1.82) is 0 Å².